The molecule has 0 aliphatic carbocycles. The Balaban J connectivity index is 1.54. The molecule has 4 heterocycles. The van der Waals surface area contributed by atoms with E-state index in [4.69, 9.17) is 4.98 Å². The fraction of sp³-hybridized carbons (Fsp3) is 0.579. The largest absolute Gasteiger partial charge is 0.348 e. The molecule has 1 amide bonds. The van der Waals surface area contributed by atoms with Crippen LogP contribution in [0.25, 0.3) is 0 Å². The monoisotopic (exact) mass is 354 g/mol. The van der Waals surface area contributed by atoms with Crippen molar-refractivity contribution in [1.29, 1.82) is 0 Å². The second-order valence-electron chi connectivity index (χ2n) is 7.23. The Labute approximate surface area is 153 Å². The maximum absolute atomic E-state index is 12.7. The highest BCUT2D eigenvalue weighted by Gasteiger charge is 2.46. The number of hydrogen-bond acceptors (Lipinski definition) is 5. The second kappa shape index (κ2) is 7.15. The van der Waals surface area contributed by atoms with Gasteiger partial charge in [0.05, 0.1) is 23.8 Å². The molecular weight excluding hydrogens is 328 g/mol. The molecule has 1 spiro atoms. The van der Waals surface area contributed by atoms with E-state index in [0.717, 1.165) is 45.4 Å². The number of unbranched alkanes of at least 4 members (excludes halogenated alkanes) is 1. The van der Waals surface area contributed by atoms with Crippen molar-refractivity contribution in [2.45, 2.75) is 44.6 Å². The lowest BCUT2D eigenvalue weighted by Gasteiger charge is -2.50. The minimum atomic E-state index is -0.0398. The summed E-state index contributed by atoms with van der Waals surface area (Å²) in [4.78, 5) is 33.4. The van der Waals surface area contributed by atoms with Crippen LogP contribution in [-0.4, -0.2) is 61.8 Å². The third kappa shape index (κ3) is 2.90. The number of nitrogens with one attached hydrogen (secondary N) is 1. The third-order valence-corrected chi connectivity index (χ3v) is 5.84. The Morgan fingerprint density at radius 2 is 2.08 bits per heavy atom. The summed E-state index contributed by atoms with van der Waals surface area (Å²) in [6.07, 6.45) is 11.8. The number of nitrogens with zero attached hydrogens (tertiary/aromatic N) is 5. The molecule has 1 saturated heterocycles. The predicted octanol–water partition coefficient (Wildman–Crippen LogP) is 1.99. The SMILES string of the molecule is CCCCN1CCc2[nH]cnc2C12CCN(C(=O)c1cnccn1)CC2. The molecule has 7 nitrogen and oxygen atoms in total. The van der Waals surface area contributed by atoms with Crippen LogP contribution in [0.15, 0.2) is 24.9 Å². The van der Waals surface area contributed by atoms with Crippen LogP contribution in [0.4, 0.5) is 0 Å². The number of carbonyl (C=O) groups is 1. The van der Waals surface area contributed by atoms with Gasteiger partial charge in [0.25, 0.3) is 5.91 Å². The molecule has 4 rings (SSSR count). The zero-order valence-corrected chi connectivity index (χ0v) is 15.3. The van der Waals surface area contributed by atoms with E-state index in [-0.39, 0.29) is 11.4 Å². The zero-order valence-electron chi connectivity index (χ0n) is 15.3. The van der Waals surface area contributed by atoms with E-state index in [2.05, 4.69) is 26.8 Å². The van der Waals surface area contributed by atoms with Crippen molar-refractivity contribution < 1.29 is 4.79 Å². The number of H-pyrrole nitrogens is 1. The number of hydrogen-bond donors (Lipinski definition) is 1. The van der Waals surface area contributed by atoms with Crippen LogP contribution in [0.3, 0.4) is 0 Å². The number of aromatic nitrogens is 4. The number of fused-ring (bicyclic) bond motifs is 2. The van der Waals surface area contributed by atoms with Crippen molar-refractivity contribution in [1.82, 2.24) is 29.7 Å². The van der Waals surface area contributed by atoms with Gasteiger partial charge in [-0.25, -0.2) is 9.97 Å². The number of aromatic amines is 1. The summed E-state index contributed by atoms with van der Waals surface area (Å²) in [7, 11) is 0. The molecule has 0 bridgehead atoms. The standard InChI is InChI=1S/C19H26N6O/c1-2-3-9-25-10-4-15-17(23-14-22-15)19(25)5-11-24(12-6-19)18(26)16-13-20-7-8-21-16/h7-8,13-14H,2-6,9-12H2,1H3,(H,22,23). The van der Waals surface area contributed by atoms with Gasteiger partial charge < -0.3 is 9.88 Å². The Bertz CT molecular complexity index is 750. The summed E-state index contributed by atoms with van der Waals surface area (Å²) in [5, 5.41) is 0. The van der Waals surface area contributed by atoms with E-state index in [0.29, 0.717) is 5.69 Å². The van der Waals surface area contributed by atoms with Gasteiger partial charge in [0, 0.05) is 44.1 Å². The molecule has 0 radical (unpaired) electrons. The fourth-order valence-electron chi connectivity index (χ4n) is 4.40. The first-order chi connectivity index (χ1) is 12.7. The van der Waals surface area contributed by atoms with Crippen LogP contribution in [0.1, 0.15) is 54.5 Å². The highest BCUT2D eigenvalue weighted by atomic mass is 16.2. The van der Waals surface area contributed by atoms with Gasteiger partial charge in [-0.15, -0.1) is 0 Å². The normalized spacial score (nSPS) is 19.5. The first-order valence-electron chi connectivity index (χ1n) is 9.57. The molecule has 2 aromatic heterocycles. The molecule has 2 aliphatic rings. The van der Waals surface area contributed by atoms with Crippen molar-refractivity contribution in [3.63, 3.8) is 0 Å². The van der Waals surface area contributed by atoms with E-state index in [1.807, 2.05) is 11.2 Å². The average molecular weight is 354 g/mol. The average Bonchev–Trinajstić information content (AvgIpc) is 3.18. The maximum Gasteiger partial charge on any atom is 0.274 e. The van der Waals surface area contributed by atoms with Gasteiger partial charge in [-0.2, -0.15) is 0 Å². The number of amides is 1. The quantitative estimate of drug-likeness (QED) is 0.908. The summed E-state index contributed by atoms with van der Waals surface area (Å²) in [5.74, 6) is -0.0221. The summed E-state index contributed by atoms with van der Waals surface area (Å²) < 4.78 is 0. The topological polar surface area (TPSA) is 78.0 Å². The van der Waals surface area contributed by atoms with E-state index in [1.165, 1.54) is 24.2 Å². The molecule has 0 unspecified atom stereocenters. The molecule has 2 aliphatic heterocycles. The van der Waals surface area contributed by atoms with Crippen LogP contribution in [-0.2, 0) is 12.0 Å². The van der Waals surface area contributed by atoms with Crippen molar-refractivity contribution in [3.05, 3.63) is 42.0 Å². The summed E-state index contributed by atoms with van der Waals surface area (Å²) in [6, 6.07) is 0. The van der Waals surface area contributed by atoms with E-state index < -0.39 is 0 Å². The second-order valence-corrected chi connectivity index (χ2v) is 7.23. The van der Waals surface area contributed by atoms with Crippen molar-refractivity contribution in [3.8, 4) is 0 Å². The molecule has 0 atom stereocenters. The van der Waals surface area contributed by atoms with Crippen LogP contribution in [0.5, 0.6) is 0 Å². The lowest BCUT2D eigenvalue weighted by molar-refractivity contribution is 0.00612. The molecule has 1 fully saturated rings. The van der Waals surface area contributed by atoms with Gasteiger partial charge in [0.15, 0.2) is 0 Å². The van der Waals surface area contributed by atoms with Gasteiger partial charge in [0.1, 0.15) is 5.69 Å². The zero-order chi connectivity index (χ0) is 18.0. The highest BCUT2D eigenvalue weighted by Crippen LogP contribution is 2.42. The minimum absolute atomic E-state index is 0.0221. The number of carbonyl (C=O) groups excluding carboxylic acids is 1. The minimum Gasteiger partial charge on any atom is -0.348 e. The third-order valence-electron chi connectivity index (χ3n) is 5.84. The van der Waals surface area contributed by atoms with Gasteiger partial charge in [0.2, 0.25) is 0 Å². The number of rotatable bonds is 4. The first-order valence-corrected chi connectivity index (χ1v) is 9.57. The fourth-order valence-corrected chi connectivity index (χ4v) is 4.40. The molecule has 1 N–H and O–H groups in total. The Kier molecular flexibility index (Phi) is 4.72. The van der Waals surface area contributed by atoms with Crippen molar-refractivity contribution >= 4 is 5.91 Å². The summed E-state index contributed by atoms with van der Waals surface area (Å²) in [5.41, 5.74) is 2.86. The van der Waals surface area contributed by atoms with Crippen LogP contribution >= 0.6 is 0 Å². The summed E-state index contributed by atoms with van der Waals surface area (Å²) in [6.45, 7) is 5.85. The molecule has 138 valence electrons. The highest BCUT2D eigenvalue weighted by molar-refractivity contribution is 5.92. The Hall–Kier alpha value is -2.28. The van der Waals surface area contributed by atoms with Crippen molar-refractivity contribution in [2.24, 2.45) is 0 Å². The predicted molar refractivity (Wildman–Crippen MR) is 97.6 cm³/mol. The smallest absolute Gasteiger partial charge is 0.274 e. The van der Waals surface area contributed by atoms with Crippen LogP contribution < -0.4 is 0 Å². The number of imidazole rings is 1. The van der Waals surface area contributed by atoms with E-state index in [1.54, 1.807) is 18.6 Å². The van der Waals surface area contributed by atoms with Crippen molar-refractivity contribution in [2.75, 3.05) is 26.2 Å². The number of piperidine rings is 1. The van der Waals surface area contributed by atoms with Gasteiger partial charge in [-0.1, -0.05) is 13.3 Å². The Morgan fingerprint density at radius 3 is 2.81 bits per heavy atom. The molecule has 0 saturated carbocycles. The molecule has 2 aromatic rings. The summed E-state index contributed by atoms with van der Waals surface area (Å²) >= 11 is 0. The van der Waals surface area contributed by atoms with Crippen LogP contribution in [0.2, 0.25) is 0 Å². The lowest BCUT2D eigenvalue weighted by Crippen LogP contribution is -2.57. The Morgan fingerprint density at radius 1 is 1.23 bits per heavy atom. The maximum atomic E-state index is 12.7. The molecule has 26 heavy (non-hydrogen) atoms. The van der Waals surface area contributed by atoms with E-state index >= 15 is 0 Å². The van der Waals surface area contributed by atoms with E-state index in [9.17, 15) is 4.79 Å². The molecular formula is C19H26N6O. The molecule has 7 heteroatoms. The van der Waals surface area contributed by atoms with Gasteiger partial charge in [-0.3, -0.25) is 14.7 Å². The van der Waals surface area contributed by atoms with Crippen LogP contribution in [0, 0.1) is 0 Å². The number of likely N-dealkylation sites (tertiary alicyclic amines) is 1. The first kappa shape index (κ1) is 17.1. The molecule has 0 aromatic carbocycles. The van der Waals surface area contributed by atoms with Gasteiger partial charge in [-0.05, 0) is 25.8 Å². The van der Waals surface area contributed by atoms with Gasteiger partial charge >= 0.3 is 0 Å². The lowest BCUT2D eigenvalue weighted by atomic mass is 9.78.